The van der Waals surface area contributed by atoms with E-state index in [9.17, 15) is 9.59 Å². The van der Waals surface area contributed by atoms with Crippen LogP contribution in [0.1, 0.15) is 0 Å². The van der Waals surface area contributed by atoms with Crippen LogP contribution >= 0.6 is 12.6 Å². The van der Waals surface area contributed by atoms with E-state index in [0.29, 0.717) is 25.1 Å². The number of imide groups is 1. The van der Waals surface area contributed by atoms with Gasteiger partial charge in [-0.2, -0.15) is 12.6 Å². The van der Waals surface area contributed by atoms with Crippen molar-refractivity contribution >= 4 is 25.4 Å². The Kier molecular flexibility index (Phi) is 4.35. The van der Waals surface area contributed by atoms with Crippen molar-refractivity contribution in [3.8, 4) is 0 Å². The summed E-state index contributed by atoms with van der Waals surface area (Å²) in [5, 5.41) is 0. The molecule has 0 atom stereocenters. The van der Waals surface area contributed by atoms with E-state index in [2.05, 4.69) is 12.6 Å². The summed E-state index contributed by atoms with van der Waals surface area (Å²) in [6.45, 7) is 0.385. The third-order valence-corrected chi connectivity index (χ3v) is 0.829. The quantitative estimate of drug-likeness (QED) is 0.416. The summed E-state index contributed by atoms with van der Waals surface area (Å²) in [4.78, 5) is 20.6. The van der Waals surface area contributed by atoms with Crippen LogP contribution in [0.15, 0.2) is 0 Å². The van der Waals surface area contributed by atoms with Gasteiger partial charge in [0.05, 0.1) is 0 Å². The fourth-order valence-corrected chi connectivity index (χ4v) is 0.477. The van der Waals surface area contributed by atoms with Crippen LogP contribution in [0.3, 0.4) is 0 Å². The number of thiol groups is 1. The topological polar surface area (TPSA) is 37.4 Å². The molecular formula is C4H7NO2S. The van der Waals surface area contributed by atoms with E-state index in [-0.39, 0.29) is 0 Å². The molecule has 0 heterocycles. The SMILES string of the molecule is O=CN(C=O)CCS. The van der Waals surface area contributed by atoms with E-state index in [4.69, 9.17) is 0 Å². The van der Waals surface area contributed by atoms with Crippen molar-refractivity contribution in [2.45, 2.75) is 0 Å². The lowest BCUT2D eigenvalue weighted by Gasteiger charge is -2.03. The normalized spacial score (nSPS) is 8.12. The Bertz CT molecular complexity index is 78.1. The molecule has 0 radical (unpaired) electrons. The van der Waals surface area contributed by atoms with Crippen LogP contribution in [0.25, 0.3) is 0 Å². The van der Waals surface area contributed by atoms with Crippen molar-refractivity contribution < 1.29 is 9.59 Å². The fourth-order valence-electron chi connectivity index (χ4n) is 0.246. The summed E-state index contributed by atoms with van der Waals surface area (Å²) in [5.41, 5.74) is 0. The van der Waals surface area contributed by atoms with Gasteiger partial charge < -0.3 is 0 Å². The van der Waals surface area contributed by atoms with Crippen molar-refractivity contribution in [1.29, 1.82) is 0 Å². The average Bonchev–Trinajstić information content (AvgIpc) is 1.83. The minimum absolute atomic E-state index is 0.385. The number of carbonyl (C=O) groups is 2. The molecule has 0 aromatic heterocycles. The first kappa shape index (κ1) is 7.49. The largest absolute Gasteiger partial charge is 0.287 e. The number of amides is 2. The molecule has 0 aliphatic heterocycles. The zero-order chi connectivity index (χ0) is 6.41. The molecule has 2 amide bonds. The molecule has 0 N–H and O–H groups in total. The summed E-state index contributed by atoms with van der Waals surface area (Å²) in [5.74, 6) is 0.511. The molecule has 0 aliphatic carbocycles. The maximum atomic E-state index is 9.79. The maximum Gasteiger partial charge on any atom is 0.216 e. The number of hydrogen-bond donors (Lipinski definition) is 1. The first-order valence-corrected chi connectivity index (χ1v) is 2.75. The summed E-state index contributed by atoms with van der Waals surface area (Å²) < 4.78 is 0. The van der Waals surface area contributed by atoms with Crippen LogP contribution in [-0.4, -0.2) is 30.0 Å². The summed E-state index contributed by atoms with van der Waals surface area (Å²) in [6, 6.07) is 0. The average molecular weight is 133 g/mol. The minimum atomic E-state index is 0.385. The van der Waals surface area contributed by atoms with Crippen LogP contribution < -0.4 is 0 Å². The number of rotatable bonds is 4. The summed E-state index contributed by atoms with van der Waals surface area (Å²) in [6.07, 6.45) is 0.951. The zero-order valence-electron chi connectivity index (χ0n) is 4.28. The molecule has 0 saturated heterocycles. The molecule has 46 valence electrons. The van der Waals surface area contributed by atoms with Crippen molar-refractivity contribution in [2.75, 3.05) is 12.3 Å². The van der Waals surface area contributed by atoms with E-state index in [1.54, 1.807) is 0 Å². The van der Waals surface area contributed by atoms with Crippen LogP contribution in [0.4, 0.5) is 0 Å². The van der Waals surface area contributed by atoms with Gasteiger partial charge in [-0.1, -0.05) is 0 Å². The fraction of sp³-hybridized carbons (Fsp3) is 0.500. The smallest absolute Gasteiger partial charge is 0.216 e. The second kappa shape index (κ2) is 4.64. The summed E-state index contributed by atoms with van der Waals surface area (Å²) in [7, 11) is 0. The van der Waals surface area contributed by atoms with E-state index >= 15 is 0 Å². The van der Waals surface area contributed by atoms with E-state index in [0.717, 1.165) is 4.90 Å². The Labute approximate surface area is 53.1 Å². The van der Waals surface area contributed by atoms with Gasteiger partial charge in [0.2, 0.25) is 12.8 Å². The molecule has 0 rings (SSSR count). The lowest BCUT2D eigenvalue weighted by Crippen LogP contribution is -2.21. The molecule has 0 fully saturated rings. The zero-order valence-corrected chi connectivity index (χ0v) is 5.17. The molecule has 0 spiro atoms. The lowest BCUT2D eigenvalue weighted by molar-refractivity contribution is -0.128. The van der Waals surface area contributed by atoms with Gasteiger partial charge in [0.15, 0.2) is 0 Å². The Balaban J connectivity index is 3.35. The van der Waals surface area contributed by atoms with Crippen molar-refractivity contribution in [1.82, 2.24) is 4.90 Å². The van der Waals surface area contributed by atoms with Gasteiger partial charge in [-0.3, -0.25) is 14.5 Å². The first-order valence-electron chi connectivity index (χ1n) is 2.12. The lowest BCUT2D eigenvalue weighted by atomic mass is 10.7. The third kappa shape index (κ3) is 2.63. The summed E-state index contributed by atoms with van der Waals surface area (Å²) >= 11 is 3.81. The highest BCUT2D eigenvalue weighted by Crippen LogP contribution is 1.77. The van der Waals surface area contributed by atoms with Crippen molar-refractivity contribution in [2.24, 2.45) is 0 Å². The molecule has 8 heavy (non-hydrogen) atoms. The Morgan fingerprint density at radius 1 is 1.38 bits per heavy atom. The minimum Gasteiger partial charge on any atom is -0.287 e. The monoisotopic (exact) mass is 133 g/mol. The number of hydrogen-bond acceptors (Lipinski definition) is 3. The van der Waals surface area contributed by atoms with E-state index < -0.39 is 0 Å². The van der Waals surface area contributed by atoms with Gasteiger partial charge >= 0.3 is 0 Å². The van der Waals surface area contributed by atoms with Gasteiger partial charge in [-0.05, 0) is 0 Å². The van der Waals surface area contributed by atoms with Crippen molar-refractivity contribution in [3.05, 3.63) is 0 Å². The Morgan fingerprint density at radius 3 is 2.00 bits per heavy atom. The predicted molar refractivity (Wildman–Crippen MR) is 32.7 cm³/mol. The molecule has 3 nitrogen and oxygen atoms in total. The highest BCUT2D eigenvalue weighted by molar-refractivity contribution is 7.80. The second-order valence-electron chi connectivity index (χ2n) is 1.17. The third-order valence-electron chi connectivity index (χ3n) is 0.629. The number of carbonyl (C=O) groups excluding carboxylic acids is 2. The Hall–Kier alpha value is -0.510. The van der Waals surface area contributed by atoms with Crippen LogP contribution in [-0.2, 0) is 9.59 Å². The first-order chi connectivity index (χ1) is 3.85. The Morgan fingerprint density at radius 2 is 1.88 bits per heavy atom. The molecule has 0 aromatic carbocycles. The van der Waals surface area contributed by atoms with E-state index in [1.807, 2.05) is 0 Å². The van der Waals surface area contributed by atoms with Crippen LogP contribution in [0, 0.1) is 0 Å². The van der Waals surface area contributed by atoms with Gasteiger partial charge in [0, 0.05) is 12.3 Å². The molecule has 4 heteroatoms. The molecule has 0 aromatic rings. The highest BCUT2D eigenvalue weighted by Gasteiger charge is 1.92. The van der Waals surface area contributed by atoms with Crippen LogP contribution in [0.5, 0.6) is 0 Å². The van der Waals surface area contributed by atoms with Crippen LogP contribution in [0.2, 0.25) is 0 Å². The second-order valence-corrected chi connectivity index (χ2v) is 1.62. The standard InChI is InChI=1S/C4H7NO2S/c6-3-5(4-7)1-2-8/h3-4,8H,1-2H2. The predicted octanol–water partition coefficient (Wildman–Crippen LogP) is -0.469. The molecule has 0 unspecified atom stereocenters. The maximum absolute atomic E-state index is 9.79. The molecule has 0 bridgehead atoms. The molecular weight excluding hydrogens is 126 g/mol. The van der Waals surface area contributed by atoms with Gasteiger partial charge in [-0.15, -0.1) is 0 Å². The number of nitrogens with zero attached hydrogens (tertiary/aromatic N) is 1. The van der Waals surface area contributed by atoms with E-state index in [1.165, 1.54) is 0 Å². The highest BCUT2D eigenvalue weighted by atomic mass is 32.1. The van der Waals surface area contributed by atoms with Crippen molar-refractivity contribution in [3.63, 3.8) is 0 Å². The van der Waals surface area contributed by atoms with Gasteiger partial charge in [0.1, 0.15) is 0 Å². The van der Waals surface area contributed by atoms with Gasteiger partial charge in [0.25, 0.3) is 0 Å². The molecule has 0 saturated carbocycles. The molecule has 0 aliphatic rings. The van der Waals surface area contributed by atoms with Gasteiger partial charge in [-0.25, -0.2) is 0 Å².